The van der Waals surface area contributed by atoms with Gasteiger partial charge >= 0.3 is 5.97 Å². The Morgan fingerprint density at radius 2 is 2.06 bits per heavy atom. The molecule has 1 rings (SSSR count). The molecule has 6 heteroatoms. The smallest absolute Gasteiger partial charge is 0.339 e. The van der Waals surface area contributed by atoms with Gasteiger partial charge in [0.05, 0.1) is 12.9 Å². The SMILES string of the molecule is COc1ccc(CS(C)(=O)=O)cc1C(=O)O. The number of ether oxygens (including phenoxy) is 1. The summed E-state index contributed by atoms with van der Waals surface area (Å²) in [7, 11) is -1.81. The molecule has 0 radical (unpaired) electrons. The number of carbonyl (C=O) groups is 1. The highest BCUT2D eigenvalue weighted by atomic mass is 32.2. The van der Waals surface area contributed by atoms with E-state index in [2.05, 4.69) is 0 Å². The predicted octanol–water partition coefficient (Wildman–Crippen LogP) is 0.938. The van der Waals surface area contributed by atoms with E-state index in [0.717, 1.165) is 6.26 Å². The van der Waals surface area contributed by atoms with Gasteiger partial charge < -0.3 is 9.84 Å². The fourth-order valence-corrected chi connectivity index (χ4v) is 2.10. The topological polar surface area (TPSA) is 80.7 Å². The fourth-order valence-electron chi connectivity index (χ4n) is 1.31. The second-order valence-corrected chi connectivity index (χ2v) is 5.55. The summed E-state index contributed by atoms with van der Waals surface area (Å²) < 4.78 is 27.0. The second-order valence-electron chi connectivity index (χ2n) is 3.41. The van der Waals surface area contributed by atoms with Crippen molar-refractivity contribution in [2.75, 3.05) is 13.4 Å². The molecular formula is C10H12O5S. The van der Waals surface area contributed by atoms with Crippen LogP contribution in [0.4, 0.5) is 0 Å². The fraction of sp³-hybridized carbons (Fsp3) is 0.300. The van der Waals surface area contributed by atoms with Gasteiger partial charge in [-0.25, -0.2) is 13.2 Å². The maximum atomic E-state index is 11.1. The van der Waals surface area contributed by atoms with E-state index in [1.54, 1.807) is 0 Å². The zero-order chi connectivity index (χ0) is 12.3. The van der Waals surface area contributed by atoms with E-state index in [4.69, 9.17) is 9.84 Å². The molecule has 0 atom stereocenters. The molecule has 0 fully saturated rings. The Morgan fingerprint density at radius 3 is 2.50 bits per heavy atom. The summed E-state index contributed by atoms with van der Waals surface area (Å²) in [5, 5.41) is 8.89. The average Bonchev–Trinajstić information content (AvgIpc) is 2.15. The van der Waals surface area contributed by atoms with Crippen molar-refractivity contribution in [1.29, 1.82) is 0 Å². The third-order valence-corrected chi connectivity index (χ3v) is 2.78. The van der Waals surface area contributed by atoms with E-state index < -0.39 is 15.8 Å². The highest BCUT2D eigenvalue weighted by Gasteiger charge is 2.13. The van der Waals surface area contributed by atoms with Crippen molar-refractivity contribution in [3.05, 3.63) is 29.3 Å². The van der Waals surface area contributed by atoms with Gasteiger partial charge in [-0.2, -0.15) is 0 Å². The Bertz CT molecular complexity index is 504. The normalized spacial score (nSPS) is 11.1. The zero-order valence-corrected chi connectivity index (χ0v) is 9.74. The summed E-state index contributed by atoms with van der Waals surface area (Å²) in [5.41, 5.74) is 0.393. The summed E-state index contributed by atoms with van der Waals surface area (Å²) in [6.07, 6.45) is 1.09. The molecule has 16 heavy (non-hydrogen) atoms. The molecule has 0 amide bonds. The van der Waals surface area contributed by atoms with E-state index in [0.29, 0.717) is 5.56 Å². The molecule has 0 aromatic heterocycles. The minimum atomic E-state index is -3.17. The molecule has 0 aliphatic carbocycles. The molecule has 88 valence electrons. The van der Waals surface area contributed by atoms with Crippen LogP contribution >= 0.6 is 0 Å². The first kappa shape index (κ1) is 12.5. The van der Waals surface area contributed by atoms with Crippen LogP contribution < -0.4 is 4.74 Å². The maximum Gasteiger partial charge on any atom is 0.339 e. The Labute approximate surface area is 93.6 Å². The number of benzene rings is 1. The molecule has 0 aliphatic heterocycles. The number of sulfone groups is 1. The third-order valence-electron chi connectivity index (χ3n) is 1.92. The van der Waals surface area contributed by atoms with Gasteiger partial charge in [0.15, 0.2) is 9.84 Å². The molecule has 0 saturated carbocycles. The molecule has 0 aliphatic rings. The Kier molecular flexibility index (Phi) is 3.54. The van der Waals surface area contributed by atoms with Crippen molar-refractivity contribution in [3.8, 4) is 5.75 Å². The summed E-state index contributed by atoms with van der Waals surface area (Å²) in [4.78, 5) is 10.9. The Hall–Kier alpha value is -1.56. The quantitative estimate of drug-likeness (QED) is 0.852. The van der Waals surface area contributed by atoms with Crippen molar-refractivity contribution in [2.45, 2.75) is 5.75 Å². The molecule has 1 aromatic rings. The van der Waals surface area contributed by atoms with Crippen molar-refractivity contribution < 1.29 is 23.1 Å². The predicted molar refractivity (Wildman–Crippen MR) is 58.5 cm³/mol. The van der Waals surface area contributed by atoms with Crippen LogP contribution in [-0.4, -0.2) is 32.9 Å². The molecule has 0 saturated heterocycles. The number of carboxylic acids is 1. The number of rotatable bonds is 4. The van der Waals surface area contributed by atoms with Gasteiger partial charge in [0.1, 0.15) is 11.3 Å². The van der Waals surface area contributed by atoms with Crippen LogP contribution in [0.1, 0.15) is 15.9 Å². The van der Waals surface area contributed by atoms with E-state index in [1.807, 2.05) is 0 Å². The molecule has 1 aromatic carbocycles. The van der Waals surface area contributed by atoms with Crippen molar-refractivity contribution >= 4 is 15.8 Å². The van der Waals surface area contributed by atoms with E-state index in [9.17, 15) is 13.2 Å². The van der Waals surface area contributed by atoms with Crippen LogP contribution in [0.3, 0.4) is 0 Å². The van der Waals surface area contributed by atoms with Gasteiger partial charge in [-0.15, -0.1) is 0 Å². The molecule has 0 unspecified atom stereocenters. The first-order valence-corrected chi connectivity index (χ1v) is 6.47. The molecule has 1 N–H and O–H groups in total. The van der Waals surface area contributed by atoms with Crippen molar-refractivity contribution in [1.82, 2.24) is 0 Å². The van der Waals surface area contributed by atoms with Crippen LogP contribution in [0.2, 0.25) is 0 Å². The maximum absolute atomic E-state index is 11.1. The van der Waals surface area contributed by atoms with Gasteiger partial charge in [-0.1, -0.05) is 6.07 Å². The summed E-state index contributed by atoms with van der Waals surface area (Å²) in [6.45, 7) is 0. The number of carboxylic acid groups (broad SMARTS) is 1. The minimum Gasteiger partial charge on any atom is -0.496 e. The highest BCUT2D eigenvalue weighted by Crippen LogP contribution is 2.20. The summed E-state index contributed by atoms with van der Waals surface area (Å²) in [5.74, 6) is -1.12. The molecule has 0 spiro atoms. The van der Waals surface area contributed by atoms with Crippen LogP contribution in [0.15, 0.2) is 18.2 Å². The monoisotopic (exact) mass is 244 g/mol. The lowest BCUT2D eigenvalue weighted by Gasteiger charge is -2.06. The van der Waals surface area contributed by atoms with Gasteiger partial charge in [0, 0.05) is 6.26 Å². The lowest BCUT2D eigenvalue weighted by atomic mass is 10.1. The first-order valence-electron chi connectivity index (χ1n) is 4.41. The van der Waals surface area contributed by atoms with Crippen LogP contribution in [-0.2, 0) is 15.6 Å². The van der Waals surface area contributed by atoms with Crippen LogP contribution in [0.25, 0.3) is 0 Å². The van der Waals surface area contributed by atoms with E-state index in [-0.39, 0.29) is 17.1 Å². The Morgan fingerprint density at radius 1 is 1.44 bits per heavy atom. The van der Waals surface area contributed by atoms with Gasteiger partial charge in [-0.05, 0) is 17.7 Å². The van der Waals surface area contributed by atoms with Gasteiger partial charge in [-0.3, -0.25) is 0 Å². The number of hydrogen-bond donors (Lipinski definition) is 1. The molecule has 0 heterocycles. The standard InChI is InChI=1S/C10H12O5S/c1-15-9-4-3-7(6-16(2,13)14)5-8(9)10(11)12/h3-5H,6H2,1-2H3,(H,11,12). The number of methoxy groups -OCH3 is 1. The molecule has 5 nitrogen and oxygen atoms in total. The van der Waals surface area contributed by atoms with Crippen LogP contribution in [0.5, 0.6) is 5.75 Å². The van der Waals surface area contributed by atoms with Crippen molar-refractivity contribution in [2.24, 2.45) is 0 Å². The molecular weight excluding hydrogens is 232 g/mol. The number of aromatic carboxylic acids is 1. The highest BCUT2D eigenvalue weighted by molar-refractivity contribution is 7.89. The average molecular weight is 244 g/mol. The minimum absolute atomic E-state index is 0.0383. The first-order chi connectivity index (χ1) is 7.33. The Balaban J connectivity index is 3.17. The largest absolute Gasteiger partial charge is 0.496 e. The van der Waals surface area contributed by atoms with Crippen LogP contribution in [0, 0.1) is 0 Å². The lowest BCUT2D eigenvalue weighted by molar-refractivity contribution is 0.0693. The van der Waals surface area contributed by atoms with Gasteiger partial charge in [0.25, 0.3) is 0 Å². The number of hydrogen-bond acceptors (Lipinski definition) is 4. The summed E-state index contributed by atoms with van der Waals surface area (Å²) in [6, 6.07) is 4.29. The third kappa shape index (κ3) is 3.23. The van der Waals surface area contributed by atoms with E-state index >= 15 is 0 Å². The molecule has 0 bridgehead atoms. The van der Waals surface area contributed by atoms with Crippen molar-refractivity contribution in [3.63, 3.8) is 0 Å². The lowest BCUT2D eigenvalue weighted by Crippen LogP contribution is -2.05. The summed E-state index contributed by atoms with van der Waals surface area (Å²) >= 11 is 0. The second kappa shape index (κ2) is 4.52. The zero-order valence-electron chi connectivity index (χ0n) is 8.93. The van der Waals surface area contributed by atoms with Gasteiger partial charge in [0.2, 0.25) is 0 Å². The van der Waals surface area contributed by atoms with E-state index in [1.165, 1.54) is 25.3 Å².